The predicted molar refractivity (Wildman–Crippen MR) is 104 cm³/mol. The van der Waals surface area contributed by atoms with Crippen molar-refractivity contribution in [2.24, 2.45) is 0 Å². The molecule has 2 saturated heterocycles. The molecule has 4 rings (SSSR count). The zero-order chi connectivity index (χ0) is 20.2. The standard InChI is InChI=1S/C20H26FN5O3/c1-15-2-3-16(12-17(15)21)20-22-18(29-23-20)13-24-4-6-26(7-5-24)19(27)14-25-8-10-28-11-9-25/h2-3,12H,4-11,13-14H2,1H3. The highest BCUT2D eigenvalue weighted by atomic mass is 19.1. The highest BCUT2D eigenvalue weighted by Gasteiger charge is 2.24. The SMILES string of the molecule is Cc1ccc(-c2noc(CN3CCN(C(=O)CN4CCOCC4)CC3)n2)cc1F. The lowest BCUT2D eigenvalue weighted by atomic mass is 10.1. The Labute approximate surface area is 169 Å². The Bertz CT molecular complexity index is 844. The number of carbonyl (C=O) groups excluding carboxylic acids is 1. The van der Waals surface area contributed by atoms with Crippen LogP contribution in [0.5, 0.6) is 0 Å². The van der Waals surface area contributed by atoms with E-state index in [1.54, 1.807) is 19.1 Å². The largest absolute Gasteiger partial charge is 0.379 e. The Balaban J connectivity index is 1.27. The van der Waals surface area contributed by atoms with Gasteiger partial charge in [-0.25, -0.2) is 4.39 Å². The summed E-state index contributed by atoms with van der Waals surface area (Å²) in [6.45, 7) is 8.61. The number of piperazine rings is 1. The van der Waals surface area contributed by atoms with Crippen molar-refractivity contribution >= 4 is 5.91 Å². The second-order valence-corrected chi connectivity index (χ2v) is 7.52. The van der Waals surface area contributed by atoms with Gasteiger partial charge in [-0.15, -0.1) is 0 Å². The molecule has 8 nitrogen and oxygen atoms in total. The van der Waals surface area contributed by atoms with E-state index < -0.39 is 0 Å². The highest BCUT2D eigenvalue weighted by Crippen LogP contribution is 2.19. The first-order chi connectivity index (χ1) is 14.1. The van der Waals surface area contributed by atoms with Crippen LogP contribution in [-0.4, -0.2) is 89.8 Å². The van der Waals surface area contributed by atoms with Gasteiger partial charge in [0.25, 0.3) is 0 Å². The summed E-state index contributed by atoms with van der Waals surface area (Å²) in [5, 5.41) is 3.97. The van der Waals surface area contributed by atoms with Gasteiger partial charge in [-0.2, -0.15) is 4.98 Å². The molecule has 1 amide bonds. The van der Waals surface area contributed by atoms with Gasteiger partial charge >= 0.3 is 0 Å². The zero-order valence-corrected chi connectivity index (χ0v) is 16.6. The maximum Gasteiger partial charge on any atom is 0.241 e. The van der Waals surface area contributed by atoms with Gasteiger partial charge < -0.3 is 14.2 Å². The van der Waals surface area contributed by atoms with Gasteiger partial charge in [-0.3, -0.25) is 14.6 Å². The minimum atomic E-state index is -0.285. The van der Waals surface area contributed by atoms with Gasteiger partial charge in [0.2, 0.25) is 17.6 Å². The van der Waals surface area contributed by atoms with Crippen molar-refractivity contribution in [1.29, 1.82) is 0 Å². The number of amides is 1. The number of morpholine rings is 1. The Morgan fingerprint density at radius 2 is 1.86 bits per heavy atom. The third-order valence-corrected chi connectivity index (χ3v) is 5.44. The Kier molecular flexibility index (Phi) is 6.17. The summed E-state index contributed by atoms with van der Waals surface area (Å²) in [6.07, 6.45) is 0. The minimum absolute atomic E-state index is 0.174. The lowest BCUT2D eigenvalue weighted by molar-refractivity contribution is -0.135. The van der Waals surface area contributed by atoms with Crippen molar-refractivity contribution in [2.75, 3.05) is 59.0 Å². The molecule has 0 N–H and O–H groups in total. The molecule has 9 heteroatoms. The third kappa shape index (κ3) is 4.98. The van der Waals surface area contributed by atoms with Crippen LogP contribution in [0.25, 0.3) is 11.4 Å². The summed E-state index contributed by atoms with van der Waals surface area (Å²) in [6, 6.07) is 4.91. The fourth-order valence-corrected chi connectivity index (χ4v) is 3.57. The summed E-state index contributed by atoms with van der Waals surface area (Å²) in [4.78, 5) is 23.1. The first-order valence-corrected chi connectivity index (χ1v) is 9.98. The second kappa shape index (κ2) is 8.98. The quantitative estimate of drug-likeness (QED) is 0.742. The van der Waals surface area contributed by atoms with Gasteiger partial charge in [0.15, 0.2) is 0 Å². The molecular weight excluding hydrogens is 377 g/mol. The molecule has 0 bridgehead atoms. The molecule has 1 aromatic carbocycles. The lowest BCUT2D eigenvalue weighted by Crippen LogP contribution is -2.52. The summed E-state index contributed by atoms with van der Waals surface area (Å²) >= 11 is 0. The number of nitrogens with zero attached hydrogens (tertiary/aromatic N) is 5. The van der Waals surface area contributed by atoms with Crippen LogP contribution in [0.1, 0.15) is 11.5 Å². The molecule has 3 heterocycles. The van der Waals surface area contributed by atoms with Crippen molar-refractivity contribution in [1.82, 2.24) is 24.8 Å². The molecule has 2 fully saturated rings. The molecule has 2 aliphatic rings. The van der Waals surface area contributed by atoms with Crippen LogP contribution in [0, 0.1) is 12.7 Å². The first-order valence-electron chi connectivity index (χ1n) is 9.98. The van der Waals surface area contributed by atoms with Gasteiger partial charge in [0.05, 0.1) is 26.3 Å². The normalized spacial score (nSPS) is 18.9. The number of benzene rings is 1. The van der Waals surface area contributed by atoms with Crippen LogP contribution in [0.4, 0.5) is 4.39 Å². The third-order valence-electron chi connectivity index (χ3n) is 5.44. The number of carbonyl (C=O) groups is 1. The van der Waals surface area contributed by atoms with E-state index in [9.17, 15) is 9.18 Å². The van der Waals surface area contributed by atoms with Crippen molar-refractivity contribution in [3.05, 3.63) is 35.5 Å². The van der Waals surface area contributed by atoms with Crippen LogP contribution in [0.15, 0.2) is 22.7 Å². The Morgan fingerprint density at radius 3 is 2.59 bits per heavy atom. The molecule has 156 valence electrons. The van der Waals surface area contributed by atoms with Gasteiger partial charge in [0.1, 0.15) is 5.82 Å². The minimum Gasteiger partial charge on any atom is -0.379 e. The number of aromatic nitrogens is 2. The molecule has 0 saturated carbocycles. The smallest absolute Gasteiger partial charge is 0.241 e. The summed E-state index contributed by atoms with van der Waals surface area (Å²) < 4.78 is 24.4. The summed E-state index contributed by atoms with van der Waals surface area (Å²) in [7, 11) is 0. The monoisotopic (exact) mass is 403 g/mol. The number of rotatable bonds is 5. The van der Waals surface area contributed by atoms with Gasteiger partial charge in [0, 0.05) is 44.8 Å². The van der Waals surface area contributed by atoms with E-state index in [4.69, 9.17) is 9.26 Å². The lowest BCUT2D eigenvalue weighted by Gasteiger charge is -2.35. The van der Waals surface area contributed by atoms with Crippen LogP contribution in [0.3, 0.4) is 0 Å². The number of hydrogen-bond acceptors (Lipinski definition) is 7. The van der Waals surface area contributed by atoms with E-state index in [-0.39, 0.29) is 11.7 Å². The molecule has 0 unspecified atom stereocenters. The van der Waals surface area contributed by atoms with Gasteiger partial charge in [-0.1, -0.05) is 17.3 Å². The van der Waals surface area contributed by atoms with Crippen molar-refractivity contribution in [3.8, 4) is 11.4 Å². The number of aryl methyl sites for hydroxylation is 1. The van der Waals surface area contributed by atoms with E-state index in [1.807, 2.05) is 4.90 Å². The molecule has 1 aromatic heterocycles. The van der Waals surface area contributed by atoms with Crippen molar-refractivity contribution in [2.45, 2.75) is 13.5 Å². The van der Waals surface area contributed by atoms with E-state index in [0.29, 0.717) is 62.2 Å². The van der Waals surface area contributed by atoms with E-state index in [2.05, 4.69) is 19.9 Å². The molecule has 2 aromatic rings. The van der Waals surface area contributed by atoms with E-state index in [1.165, 1.54) is 6.07 Å². The topological polar surface area (TPSA) is 74.9 Å². The van der Waals surface area contributed by atoms with Crippen LogP contribution >= 0.6 is 0 Å². The number of halogens is 1. The molecule has 2 aliphatic heterocycles. The van der Waals surface area contributed by atoms with Crippen LogP contribution < -0.4 is 0 Å². The van der Waals surface area contributed by atoms with Crippen LogP contribution in [0.2, 0.25) is 0 Å². The molecule has 0 spiro atoms. The summed E-state index contributed by atoms with van der Waals surface area (Å²) in [5.41, 5.74) is 1.18. The van der Waals surface area contributed by atoms with Crippen molar-refractivity contribution in [3.63, 3.8) is 0 Å². The average Bonchev–Trinajstić information content (AvgIpc) is 3.20. The highest BCUT2D eigenvalue weighted by molar-refractivity contribution is 5.78. The molecule has 0 radical (unpaired) electrons. The fraction of sp³-hybridized carbons (Fsp3) is 0.550. The maximum absolute atomic E-state index is 13.8. The van der Waals surface area contributed by atoms with Crippen molar-refractivity contribution < 1.29 is 18.4 Å². The van der Waals surface area contributed by atoms with Gasteiger partial charge in [-0.05, 0) is 18.6 Å². The molecule has 0 atom stereocenters. The summed E-state index contributed by atoms with van der Waals surface area (Å²) in [5.74, 6) is 0.770. The van der Waals surface area contributed by atoms with E-state index in [0.717, 1.165) is 26.2 Å². The second-order valence-electron chi connectivity index (χ2n) is 7.52. The average molecular weight is 403 g/mol. The zero-order valence-electron chi connectivity index (χ0n) is 16.6. The Hall–Kier alpha value is -2.36. The predicted octanol–water partition coefficient (Wildman–Crippen LogP) is 1.16. The number of hydrogen-bond donors (Lipinski definition) is 0. The van der Waals surface area contributed by atoms with Crippen LogP contribution in [-0.2, 0) is 16.1 Å². The number of ether oxygens (including phenoxy) is 1. The fourth-order valence-electron chi connectivity index (χ4n) is 3.57. The molecule has 0 aliphatic carbocycles. The van der Waals surface area contributed by atoms with E-state index >= 15 is 0 Å². The Morgan fingerprint density at radius 1 is 1.10 bits per heavy atom. The maximum atomic E-state index is 13.8. The molecule has 29 heavy (non-hydrogen) atoms. The first kappa shape index (κ1) is 19.9. The molecular formula is C20H26FN5O3.